The van der Waals surface area contributed by atoms with Gasteiger partial charge in [0.1, 0.15) is 0 Å². The molecular formula is C2H4S3. The van der Waals surface area contributed by atoms with Gasteiger partial charge in [-0.1, -0.05) is 21.6 Å². The van der Waals surface area contributed by atoms with Crippen LogP contribution < -0.4 is 0 Å². The largest absolute Gasteiger partial charge is 0.138 e. The van der Waals surface area contributed by atoms with E-state index >= 15 is 0 Å². The first kappa shape index (κ1) is 4.22. The van der Waals surface area contributed by atoms with E-state index in [2.05, 4.69) is 0 Å². The zero-order valence-electron chi connectivity index (χ0n) is 2.64. The van der Waals surface area contributed by atoms with Gasteiger partial charge in [0.05, 0.1) is 10.2 Å². The second-order valence-corrected chi connectivity index (χ2v) is 4.86. The van der Waals surface area contributed by atoms with E-state index < -0.39 is 0 Å². The second kappa shape index (κ2) is 2.26. The Bertz CT molecular complexity index is 16.5. The molecular weight excluding hydrogens is 120 g/mol. The van der Waals surface area contributed by atoms with Crippen molar-refractivity contribution < 1.29 is 0 Å². The van der Waals surface area contributed by atoms with E-state index in [0.29, 0.717) is 0 Å². The molecule has 0 nitrogen and oxygen atoms in total. The van der Waals surface area contributed by atoms with Crippen molar-refractivity contribution in [2.75, 3.05) is 10.2 Å². The lowest BCUT2D eigenvalue weighted by molar-refractivity contribution is 2.22. The van der Waals surface area contributed by atoms with Crippen molar-refractivity contribution in [3.8, 4) is 0 Å². The lowest BCUT2D eigenvalue weighted by atomic mass is 11.9. The van der Waals surface area contributed by atoms with Crippen LogP contribution >= 0.6 is 33.3 Å². The van der Waals surface area contributed by atoms with Crippen molar-refractivity contribution in [3.05, 3.63) is 0 Å². The highest BCUT2D eigenvalue weighted by Crippen LogP contribution is 2.36. The summed E-state index contributed by atoms with van der Waals surface area (Å²) in [5, 5.41) is 2.59. The third-order valence-electron chi connectivity index (χ3n) is 0.346. The molecule has 1 fully saturated rings. The first-order valence-electron chi connectivity index (χ1n) is 1.32. The molecule has 0 amide bonds. The fraction of sp³-hybridized carbons (Fsp3) is 1.00. The van der Waals surface area contributed by atoms with E-state index in [-0.39, 0.29) is 0 Å². The van der Waals surface area contributed by atoms with Crippen molar-refractivity contribution >= 4 is 33.3 Å². The molecule has 0 N–H and O–H groups in total. The summed E-state index contributed by atoms with van der Waals surface area (Å²) in [5.74, 6) is 0. The molecule has 1 heterocycles. The van der Waals surface area contributed by atoms with Gasteiger partial charge in [-0.2, -0.15) is 0 Å². The third kappa shape index (κ3) is 1.28. The maximum atomic E-state index is 2.00. The van der Waals surface area contributed by atoms with Crippen LogP contribution in [0.4, 0.5) is 0 Å². The average molecular weight is 124 g/mol. The van der Waals surface area contributed by atoms with Gasteiger partial charge in [0.25, 0.3) is 0 Å². The third-order valence-corrected chi connectivity index (χ3v) is 4.85. The minimum atomic E-state index is 1.30. The maximum absolute atomic E-state index is 2.00. The van der Waals surface area contributed by atoms with Gasteiger partial charge in [-0.25, -0.2) is 0 Å². The fourth-order valence-electron chi connectivity index (χ4n) is 0.170. The van der Waals surface area contributed by atoms with Crippen molar-refractivity contribution in [1.82, 2.24) is 0 Å². The van der Waals surface area contributed by atoms with E-state index in [4.69, 9.17) is 0 Å². The Morgan fingerprint density at radius 3 is 1.80 bits per heavy atom. The Morgan fingerprint density at radius 2 is 1.60 bits per heavy atom. The summed E-state index contributed by atoms with van der Waals surface area (Å²) in [5.41, 5.74) is 0. The predicted molar refractivity (Wildman–Crippen MR) is 32.5 cm³/mol. The Hall–Kier alpha value is 1.05. The molecule has 3 heteroatoms. The van der Waals surface area contributed by atoms with Gasteiger partial charge in [-0.3, -0.25) is 0 Å². The molecule has 0 bridgehead atoms. The van der Waals surface area contributed by atoms with Crippen molar-refractivity contribution in [1.29, 1.82) is 0 Å². The fourth-order valence-corrected chi connectivity index (χ4v) is 4.59. The maximum Gasteiger partial charge on any atom is 0.0505 e. The molecule has 5 heavy (non-hydrogen) atoms. The highest BCUT2D eigenvalue weighted by molar-refractivity contribution is 8.82. The van der Waals surface area contributed by atoms with Crippen LogP contribution in [0.1, 0.15) is 0 Å². The predicted octanol–water partition coefficient (Wildman–Crippen LogP) is 2.03. The summed E-state index contributed by atoms with van der Waals surface area (Å²) in [6.07, 6.45) is 0. The van der Waals surface area contributed by atoms with Gasteiger partial charge >= 0.3 is 0 Å². The second-order valence-electron chi connectivity index (χ2n) is 0.676. The minimum absolute atomic E-state index is 1.30. The topological polar surface area (TPSA) is 0 Å². The summed E-state index contributed by atoms with van der Waals surface area (Å²) in [4.78, 5) is 0. The first-order valence-corrected chi connectivity index (χ1v) is 4.96. The van der Waals surface area contributed by atoms with E-state index in [9.17, 15) is 0 Å². The van der Waals surface area contributed by atoms with Gasteiger partial charge in [-0.05, 0) is 0 Å². The van der Waals surface area contributed by atoms with Crippen molar-refractivity contribution in [3.63, 3.8) is 0 Å². The van der Waals surface area contributed by atoms with E-state index in [0.717, 1.165) is 0 Å². The molecule has 1 saturated heterocycles. The summed E-state index contributed by atoms with van der Waals surface area (Å²) < 4.78 is 0. The Labute approximate surface area is 43.9 Å². The van der Waals surface area contributed by atoms with Crippen LogP contribution in [0.5, 0.6) is 0 Å². The molecule has 1 aliphatic heterocycles. The van der Waals surface area contributed by atoms with Crippen molar-refractivity contribution in [2.45, 2.75) is 0 Å². The Kier molecular flexibility index (Phi) is 1.91. The summed E-state index contributed by atoms with van der Waals surface area (Å²) in [7, 11) is 3.91. The molecule has 30 valence electrons. The van der Waals surface area contributed by atoms with Crippen LogP contribution in [-0.2, 0) is 0 Å². The summed E-state index contributed by atoms with van der Waals surface area (Å²) in [6, 6.07) is 0. The molecule has 0 unspecified atom stereocenters. The lowest BCUT2D eigenvalue weighted by Crippen LogP contribution is -1.47. The van der Waals surface area contributed by atoms with Crippen LogP contribution in [0.3, 0.4) is 0 Å². The number of thioether (sulfide) groups is 1. The lowest BCUT2D eigenvalue weighted by Gasteiger charge is -1.66. The molecule has 0 radical (unpaired) electrons. The average Bonchev–Trinajstić information content (AvgIpc) is 1.76. The number of hydrogen-bond donors (Lipinski definition) is 0. The first-order chi connectivity index (χ1) is 2.50. The zero-order valence-corrected chi connectivity index (χ0v) is 5.09. The van der Waals surface area contributed by atoms with Gasteiger partial charge in [0.15, 0.2) is 0 Å². The van der Waals surface area contributed by atoms with Crippen LogP contribution in [0.25, 0.3) is 0 Å². The molecule has 0 aromatic heterocycles. The van der Waals surface area contributed by atoms with Crippen LogP contribution in [0, 0.1) is 0 Å². The monoisotopic (exact) mass is 124 g/mol. The van der Waals surface area contributed by atoms with Crippen LogP contribution in [-0.4, -0.2) is 10.2 Å². The van der Waals surface area contributed by atoms with E-state index in [1.807, 2.05) is 33.3 Å². The molecule has 0 atom stereocenters. The normalized spacial score (nSPS) is 24.0. The highest BCUT2D eigenvalue weighted by atomic mass is 33.1. The molecule has 0 saturated carbocycles. The Morgan fingerprint density at radius 1 is 1.00 bits per heavy atom. The van der Waals surface area contributed by atoms with Gasteiger partial charge in [0, 0.05) is 0 Å². The standard InChI is InChI=1S/C2H4S3/c1-3-2-5-4-1/h1-2H2. The molecule has 0 aromatic rings. The zero-order chi connectivity index (χ0) is 3.54. The number of rotatable bonds is 0. The quantitative estimate of drug-likeness (QED) is 0.453. The van der Waals surface area contributed by atoms with E-state index in [1.54, 1.807) is 0 Å². The summed E-state index contributed by atoms with van der Waals surface area (Å²) in [6.45, 7) is 0. The molecule has 0 aromatic carbocycles. The number of hydrogen-bond acceptors (Lipinski definition) is 3. The Balaban J connectivity index is 2.08. The van der Waals surface area contributed by atoms with Gasteiger partial charge in [-0.15, -0.1) is 11.8 Å². The summed E-state index contributed by atoms with van der Waals surface area (Å²) >= 11 is 2.00. The molecule has 1 aliphatic rings. The molecule has 0 spiro atoms. The minimum Gasteiger partial charge on any atom is -0.138 e. The van der Waals surface area contributed by atoms with E-state index in [1.165, 1.54) is 10.2 Å². The van der Waals surface area contributed by atoms with Crippen molar-refractivity contribution in [2.24, 2.45) is 0 Å². The molecule has 0 aliphatic carbocycles. The highest BCUT2D eigenvalue weighted by Gasteiger charge is 1.96. The van der Waals surface area contributed by atoms with Crippen LogP contribution in [0.2, 0.25) is 0 Å². The van der Waals surface area contributed by atoms with Gasteiger partial charge < -0.3 is 0 Å². The molecule has 1 rings (SSSR count). The smallest absolute Gasteiger partial charge is 0.0505 e. The van der Waals surface area contributed by atoms with Gasteiger partial charge in [0.2, 0.25) is 0 Å². The van der Waals surface area contributed by atoms with Crippen LogP contribution in [0.15, 0.2) is 0 Å². The SMILES string of the molecule is C1SCSS1.